The van der Waals surface area contributed by atoms with E-state index >= 15 is 0 Å². The summed E-state index contributed by atoms with van der Waals surface area (Å²) in [6.07, 6.45) is 4.66. The minimum absolute atomic E-state index is 0.160. The van der Waals surface area contributed by atoms with Crippen molar-refractivity contribution < 1.29 is 13.0 Å². The van der Waals surface area contributed by atoms with E-state index in [-0.39, 0.29) is 5.75 Å². The third-order valence-electron chi connectivity index (χ3n) is 2.78. The third-order valence-corrected chi connectivity index (χ3v) is 3.59. The second kappa shape index (κ2) is 5.79. The Hall–Kier alpha value is -0.170. The molecular weight excluding hydrogens is 216 g/mol. The van der Waals surface area contributed by atoms with Crippen molar-refractivity contribution in [1.29, 1.82) is 0 Å². The van der Waals surface area contributed by atoms with Gasteiger partial charge in [0.05, 0.1) is 5.75 Å². The van der Waals surface area contributed by atoms with Crippen LogP contribution in [0.2, 0.25) is 0 Å². The molecule has 0 heterocycles. The van der Waals surface area contributed by atoms with Gasteiger partial charge in [0, 0.05) is 12.1 Å². The summed E-state index contributed by atoms with van der Waals surface area (Å²) < 4.78 is 29.4. The van der Waals surface area contributed by atoms with E-state index in [2.05, 4.69) is 5.32 Å². The van der Waals surface area contributed by atoms with Gasteiger partial charge in [0.25, 0.3) is 10.1 Å². The molecule has 0 aromatic heterocycles. The van der Waals surface area contributed by atoms with Crippen LogP contribution in [-0.4, -0.2) is 37.4 Å². The quantitative estimate of drug-likeness (QED) is 0.466. The van der Waals surface area contributed by atoms with Crippen molar-refractivity contribution in [1.82, 2.24) is 5.32 Å². The molecule has 0 spiro atoms. The lowest BCUT2D eigenvalue weighted by Gasteiger charge is -2.26. The molecule has 1 fully saturated rings. The highest BCUT2D eigenvalue weighted by Gasteiger charge is 2.17. The van der Waals surface area contributed by atoms with E-state index in [4.69, 9.17) is 10.3 Å². The fourth-order valence-corrected chi connectivity index (χ4v) is 2.39. The van der Waals surface area contributed by atoms with E-state index in [1.54, 1.807) is 0 Å². The van der Waals surface area contributed by atoms with Crippen molar-refractivity contribution in [2.75, 3.05) is 12.3 Å². The van der Waals surface area contributed by atoms with Gasteiger partial charge in [0.2, 0.25) is 0 Å². The summed E-state index contributed by atoms with van der Waals surface area (Å²) >= 11 is 0. The fourth-order valence-electron chi connectivity index (χ4n) is 1.88. The molecule has 90 valence electrons. The number of nitrogens with one attached hydrogen (secondary N) is 1. The zero-order valence-corrected chi connectivity index (χ0v) is 9.67. The first-order valence-electron chi connectivity index (χ1n) is 5.41. The van der Waals surface area contributed by atoms with Gasteiger partial charge in [-0.15, -0.1) is 0 Å². The first-order valence-corrected chi connectivity index (χ1v) is 7.02. The number of nitrogens with two attached hydrogens (primary N) is 1. The molecule has 0 aromatic rings. The number of hydrogen-bond donors (Lipinski definition) is 3. The smallest absolute Gasteiger partial charge is 0.264 e. The topological polar surface area (TPSA) is 92.4 Å². The van der Waals surface area contributed by atoms with Gasteiger partial charge in [-0.1, -0.05) is 0 Å². The molecule has 0 saturated heterocycles. The Labute approximate surface area is 91.2 Å². The van der Waals surface area contributed by atoms with Crippen LogP contribution in [0.25, 0.3) is 0 Å². The molecule has 0 bridgehead atoms. The van der Waals surface area contributed by atoms with Crippen molar-refractivity contribution in [3.63, 3.8) is 0 Å². The molecule has 0 radical (unpaired) electrons. The molecule has 1 saturated carbocycles. The van der Waals surface area contributed by atoms with Crippen molar-refractivity contribution in [2.24, 2.45) is 5.73 Å². The summed E-state index contributed by atoms with van der Waals surface area (Å²) in [5.74, 6) is -0.160. The van der Waals surface area contributed by atoms with Crippen LogP contribution in [-0.2, 0) is 10.1 Å². The summed E-state index contributed by atoms with van der Waals surface area (Å²) in [6, 6.07) is 0.798. The predicted octanol–water partition coefficient (Wildman–Crippen LogP) is 0.124. The Bertz CT molecular complexity index is 271. The zero-order chi connectivity index (χ0) is 11.3. The van der Waals surface area contributed by atoms with Crippen LogP contribution in [0.3, 0.4) is 0 Å². The molecular formula is C9H20N2O3S. The Morgan fingerprint density at radius 1 is 1.27 bits per heavy atom. The Morgan fingerprint density at radius 2 is 1.87 bits per heavy atom. The minimum atomic E-state index is -3.80. The highest BCUT2D eigenvalue weighted by molar-refractivity contribution is 7.85. The maximum Gasteiger partial charge on any atom is 0.264 e. The summed E-state index contributed by atoms with van der Waals surface area (Å²) in [6.45, 7) is 0.639. The summed E-state index contributed by atoms with van der Waals surface area (Å²) in [4.78, 5) is 0. The van der Waals surface area contributed by atoms with Gasteiger partial charge in [0.1, 0.15) is 0 Å². The lowest BCUT2D eigenvalue weighted by atomic mass is 9.92. The van der Waals surface area contributed by atoms with Crippen LogP contribution in [0.15, 0.2) is 0 Å². The summed E-state index contributed by atoms with van der Waals surface area (Å²) in [7, 11) is -3.80. The van der Waals surface area contributed by atoms with Gasteiger partial charge in [-0.05, 0) is 38.6 Å². The van der Waals surface area contributed by atoms with E-state index in [9.17, 15) is 8.42 Å². The predicted molar refractivity (Wildman–Crippen MR) is 59.3 cm³/mol. The molecule has 0 aliphatic heterocycles. The molecule has 0 amide bonds. The van der Waals surface area contributed by atoms with Crippen LogP contribution in [0.5, 0.6) is 0 Å². The van der Waals surface area contributed by atoms with Crippen LogP contribution >= 0.6 is 0 Å². The first-order chi connectivity index (χ1) is 6.97. The van der Waals surface area contributed by atoms with Gasteiger partial charge in [-0.25, -0.2) is 0 Å². The highest BCUT2D eigenvalue weighted by Crippen LogP contribution is 2.16. The molecule has 1 aliphatic carbocycles. The van der Waals surface area contributed by atoms with Gasteiger partial charge >= 0.3 is 0 Å². The van der Waals surface area contributed by atoms with Gasteiger partial charge in [-0.3, -0.25) is 4.55 Å². The molecule has 4 N–H and O–H groups in total. The highest BCUT2D eigenvalue weighted by atomic mass is 32.2. The lowest BCUT2D eigenvalue weighted by Crippen LogP contribution is -2.38. The van der Waals surface area contributed by atoms with E-state index in [0.717, 1.165) is 25.7 Å². The fraction of sp³-hybridized carbons (Fsp3) is 1.00. The molecule has 0 unspecified atom stereocenters. The molecule has 1 rings (SSSR count). The van der Waals surface area contributed by atoms with Crippen molar-refractivity contribution >= 4 is 10.1 Å². The summed E-state index contributed by atoms with van der Waals surface area (Å²) in [5, 5.41) is 3.28. The average Bonchev–Trinajstić information content (AvgIpc) is 2.14. The zero-order valence-electron chi connectivity index (χ0n) is 8.85. The van der Waals surface area contributed by atoms with Crippen molar-refractivity contribution in [3.05, 3.63) is 0 Å². The first kappa shape index (κ1) is 12.9. The maximum atomic E-state index is 10.4. The second-order valence-corrected chi connectivity index (χ2v) is 5.78. The standard InChI is InChI=1S/C9H20N2O3S/c10-8-2-4-9(5-3-8)11-6-1-7-15(12,13)14/h8-9,11H,1-7,10H2,(H,12,13,14). The van der Waals surface area contributed by atoms with Crippen LogP contribution in [0.4, 0.5) is 0 Å². The molecule has 5 nitrogen and oxygen atoms in total. The number of hydrogen-bond acceptors (Lipinski definition) is 4. The molecule has 15 heavy (non-hydrogen) atoms. The maximum absolute atomic E-state index is 10.4. The van der Waals surface area contributed by atoms with Gasteiger partial charge < -0.3 is 11.1 Å². The van der Waals surface area contributed by atoms with Crippen LogP contribution < -0.4 is 11.1 Å². The van der Waals surface area contributed by atoms with Gasteiger partial charge in [0.15, 0.2) is 0 Å². The van der Waals surface area contributed by atoms with Crippen LogP contribution in [0.1, 0.15) is 32.1 Å². The van der Waals surface area contributed by atoms with Crippen LogP contribution in [0, 0.1) is 0 Å². The molecule has 6 heteroatoms. The third kappa shape index (κ3) is 6.09. The Kier molecular flexibility index (Phi) is 4.98. The largest absolute Gasteiger partial charge is 0.328 e. The SMILES string of the molecule is NC1CCC(NCCCS(=O)(=O)O)CC1. The van der Waals surface area contributed by atoms with E-state index in [1.165, 1.54) is 0 Å². The van der Waals surface area contributed by atoms with Gasteiger partial charge in [-0.2, -0.15) is 8.42 Å². The van der Waals surface area contributed by atoms with E-state index in [0.29, 0.717) is 25.0 Å². The summed E-state index contributed by atoms with van der Waals surface area (Å²) in [5.41, 5.74) is 5.77. The van der Waals surface area contributed by atoms with E-state index in [1.807, 2.05) is 0 Å². The minimum Gasteiger partial charge on any atom is -0.328 e. The van der Waals surface area contributed by atoms with Crippen molar-refractivity contribution in [2.45, 2.75) is 44.2 Å². The lowest BCUT2D eigenvalue weighted by molar-refractivity contribution is 0.343. The van der Waals surface area contributed by atoms with E-state index < -0.39 is 10.1 Å². The number of rotatable bonds is 5. The Morgan fingerprint density at radius 3 is 2.40 bits per heavy atom. The normalized spacial score (nSPS) is 27.9. The monoisotopic (exact) mass is 236 g/mol. The van der Waals surface area contributed by atoms with Crippen molar-refractivity contribution in [3.8, 4) is 0 Å². The molecule has 0 aromatic carbocycles. The second-order valence-electron chi connectivity index (χ2n) is 4.21. The molecule has 1 aliphatic rings. The average molecular weight is 236 g/mol. The Balaban J connectivity index is 2.06. The molecule has 0 atom stereocenters.